The summed E-state index contributed by atoms with van der Waals surface area (Å²) in [6, 6.07) is 2.66. The van der Waals surface area contributed by atoms with Crippen LogP contribution in [0.15, 0.2) is 18.2 Å². The molecule has 0 aliphatic carbocycles. The maximum Gasteiger partial charge on any atom is 0.463 e. The number of halogens is 5. The molecule has 0 saturated heterocycles. The minimum atomic E-state index is -6.02. The molecule has 110 valence electrons. The number of carbonyl (C=O) groups is 1. The molecular weight excluding hydrogens is 291 g/mol. The molecule has 0 atom stereocenters. The van der Waals surface area contributed by atoms with Crippen molar-refractivity contribution in [3.63, 3.8) is 0 Å². The maximum absolute atomic E-state index is 12.7. The van der Waals surface area contributed by atoms with Gasteiger partial charge in [-0.3, -0.25) is 14.9 Å². The van der Waals surface area contributed by atoms with Gasteiger partial charge in [-0.2, -0.15) is 22.0 Å². The molecule has 10 heteroatoms. The largest absolute Gasteiger partial charge is 0.463 e. The standard InChI is InChI=1S/C10H7F5N2O3/c1-5-4-6(2-3-7(5)17(19)20)16-8(18)9(11,12)10(13,14)15/h2-4H,1H3,(H,16,18). The SMILES string of the molecule is Cc1cc(NC(=O)C(F)(F)C(F)(F)F)ccc1[N+](=O)[O-]. The summed E-state index contributed by atoms with van der Waals surface area (Å²) in [5, 5.41) is 11.9. The lowest BCUT2D eigenvalue weighted by Crippen LogP contribution is -2.47. The van der Waals surface area contributed by atoms with Gasteiger partial charge in [-0.1, -0.05) is 0 Å². The van der Waals surface area contributed by atoms with E-state index in [4.69, 9.17) is 0 Å². The molecule has 0 bridgehead atoms. The molecule has 5 nitrogen and oxygen atoms in total. The Hall–Kier alpha value is -2.26. The average Bonchev–Trinajstić information content (AvgIpc) is 2.26. The van der Waals surface area contributed by atoms with Crippen molar-refractivity contribution in [3.05, 3.63) is 33.9 Å². The third-order valence-electron chi connectivity index (χ3n) is 2.29. The Labute approximate surface area is 108 Å². The summed E-state index contributed by atoms with van der Waals surface area (Å²) >= 11 is 0. The van der Waals surface area contributed by atoms with Crippen LogP contribution in [0.3, 0.4) is 0 Å². The Morgan fingerprint density at radius 2 is 1.80 bits per heavy atom. The summed E-state index contributed by atoms with van der Waals surface area (Å²) < 4.78 is 61.2. The maximum atomic E-state index is 12.7. The fourth-order valence-electron chi connectivity index (χ4n) is 1.28. The van der Waals surface area contributed by atoms with E-state index >= 15 is 0 Å². The van der Waals surface area contributed by atoms with Crippen molar-refractivity contribution >= 4 is 17.3 Å². The second-order valence-electron chi connectivity index (χ2n) is 3.78. The van der Waals surface area contributed by atoms with Crippen LogP contribution in [0, 0.1) is 17.0 Å². The zero-order valence-corrected chi connectivity index (χ0v) is 9.79. The van der Waals surface area contributed by atoms with Crippen molar-refractivity contribution in [1.29, 1.82) is 0 Å². The average molecular weight is 298 g/mol. The molecule has 1 N–H and O–H groups in total. The minimum Gasteiger partial charge on any atom is -0.321 e. The summed E-state index contributed by atoms with van der Waals surface area (Å²) in [6.07, 6.45) is -6.02. The highest BCUT2D eigenvalue weighted by Gasteiger charge is 2.63. The lowest BCUT2D eigenvalue weighted by atomic mass is 10.1. The van der Waals surface area contributed by atoms with Gasteiger partial charge in [0.1, 0.15) is 0 Å². The molecular formula is C10H7F5N2O3. The molecule has 20 heavy (non-hydrogen) atoms. The highest BCUT2D eigenvalue weighted by Crippen LogP contribution is 2.36. The minimum absolute atomic E-state index is 0.00289. The van der Waals surface area contributed by atoms with Crippen LogP contribution in [0.4, 0.5) is 33.3 Å². The van der Waals surface area contributed by atoms with Crippen molar-refractivity contribution in [2.24, 2.45) is 0 Å². The van der Waals surface area contributed by atoms with Gasteiger partial charge < -0.3 is 5.32 Å². The van der Waals surface area contributed by atoms with Crippen LogP contribution >= 0.6 is 0 Å². The van der Waals surface area contributed by atoms with E-state index in [9.17, 15) is 36.9 Å². The topological polar surface area (TPSA) is 72.2 Å². The zero-order valence-electron chi connectivity index (χ0n) is 9.79. The number of alkyl halides is 5. The van der Waals surface area contributed by atoms with Crippen molar-refractivity contribution in [1.82, 2.24) is 0 Å². The normalized spacial score (nSPS) is 12.1. The Balaban J connectivity index is 2.98. The van der Waals surface area contributed by atoms with Crippen molar-refractivity contribution in [2.45, 2.75) is 19.0 Å². The summed E-state index contributed by atoms with van der Waals surface area (Å²) in [6.45, 7) is 1.25. The van der Waals surface area contributed by atoms with Crippen molar-refractivity contribution in [2.75, 3.05) is 5.32 Å². The fraction of sp³-hybridized carbons (Fsp3) is 0.300. The highest BCUT2D eigenvalue weighted by atomic mass is 19.4. The van der Waals surface area contributed by atoms with Crippen LogP contribution < -0.4 is 5.32 Å². The number of nitro groups is 1. The van der Waals surface area contributed by atoms with E-state index in [2.05, 4.69) is 0 Å². The van der Waals surface area contributed by atoms with Gasteiger partial charge in [0.05, 0.1) is 4.92 Å². The molecule has 0 heterocycles. The van der Waals surface area contributed by atoms with E-state index in [-0.39, 0.29) is 11.3 Å². The van der Waals surface area contributed by atoms with Gasteiger partial charge in [0.25, 0.3) is 5.69 Å². The summed E-state index contributed by atoms with van der Waals surface area (Å²) in [4.78, 5) is 20.6. The Kier molecular flexibility index (Phi) is 3.97. The van der Waals surface area contributed by atoms with Crippen molar-refractivity contribution < 1.29 is 31.7 Å². The number of benzene rings is 1. The van der Waals surface area contributed by atoms with Gasteiger partial charge in [0, 0.05) is 17.3 Å². The number of carbonyl (C=O) groups excluding carboxylic acids is 1. The first-order valence-electron chi connectivity index (χ1n) is 4.98. The predicted molar refractivity (Wildman–Crippen MR) is 57.5 cm³/mol. The van der Waals surface area contributed by atoms with E-state index in [0.717, 1.165) is 18.2 Å². The second kappa shape index (κ2) is 5.02. The van der Waals surface area contributed by atoms with Crippen LogP contribution in [0.2, 0.25) is 0 Å². The second-order valence-corrected chi connectivity index (χ2v) is 3.78. The van der Waals surface area contributed by atoms with E-state index in [1.54, 1.807) is 0 Å². The van der Waals surface area contributed by atoms with Gasteiger partial charge in [-0.05, 0) is 19.1 Å². The van der Waals surface area contributed by atoms with Gasteiger partial charge >= 0.3 is 18.0 Å². The third-order valence-corrected chi connectivity index (χ3v) is 2.29. The van der Waals surface area contributed by atoms with E-state index < -0.39 is 28.6 Å². The first kappa shape index (κ1) is 15.8. The van der Waals surface area contributed by atoms with E-state index in [0.29, 0.717) is 0 Å². The van der Waals surface area contributed by atoms with Crippen LogP contribution in [-0.2, 0) is 4.79 Å². The Bertz CT molecular complexity index is 556. The summed E-state index contributed by atoms with van der Waals surface area (Å²) in [7, 11) is 0. The number of anilines is 1. The number of hydrogen-bond donors (Lipinski definition) is 1. The summed E-state index contributed by atoms with van der Waals surface area (Å²) in [5.41, 5.74) is -0.754. The van der Waals surface area contributed by atoms with Gasteiger partial charge in [0.2, 0.25) is 0 Å². The molecule has 1 rings (SSSR count). The lowest BCUT2D eigenvalue weighted by molar-refractivity contribution is -0.385. The highest BCUT2D eigenvalue weighted by molar-refractivity contribution is 5.96. The quantitative estimate of drug-likeness (QED) is 0.529. The number of nitrogens with zero attached hydrogens (tertiary/aromatic N) is 1. The van der Waals surface area contributed by atoms with Gasteiger partial charge in [0.15, 0.2) is 0 Å². The number of hydrogen-bond acceptors (Lipinski definition) is 3. The zero-order chi connectivity index (χ0) is 15.7. The number of rotatable bonds is 3. The number of nitro benzene ring substituents is 1. The molecule has 1 aromatic carbocycles. The van der Waals surface area contributed by atoms with Gasteiger partial charge in [-0.25, -0.2) is 0 Å². The molecule has 0 unspecified atom stereocenters. The molecule has 0 fully saturated rings. The Morgan fingerprint density at radius 3 is 2.20 bits per heavy atom. The Morgan fingerprint density at radius 1 is 1.25 bits per heavy atom. The van der Waals surface area contributed by atoms with Crippen LogP contribution in [0.1, 0.15) is 5.56 Å². The molecule has 0 aliphatic heterocycles. The molecule has 0 aromatic heterocycles. The molecule has 0 aliphatic rings. The molecule has 0 spiro atoms. The van der Waals surface area contributed by atoms with E-state index in [1.807, 2.05) is 0 Å². The number of aryl methyl sites for hydroxylation is 1. The smallest absolute Gasteiger partial charge is 0.321 e. The predicted octanol–water partition coefficient (Wildman–Crippen LogP) is 3.04. The fourth-order valence-corrected chi connectivity index (χ4v) is 1.28. The molecule has 0 saturated carbocycles. The molecule has 1 amide bonds. The first-order valence-corrected chi connectivity index (χ1v) is 4.98. The number of amides is 1. The van der Waals surface area contributed by atoms with Gasteiger partial charge in [-0.15, -0.1) is 0 Å². The van der Waals surface area contributed by atoms with Crippen molar-refractivity contribution in [3.8, 4) is 0 Å². The first-order chi connectivity index (χ1) is 8.96. The number of nitrogens with one attached hydrogen (secondary N) is 1. The summed E-state index contributed by atoms with van der Waals surface area (Å²) in [5.74, 6) is -8.11. The van der Waals surface area contributed by atoms with Crippen LogP contribution in [-0.4, -0.2) is 22.9 Å². The monoisotopic (exact) mass is 298 g/mol. The molecule has 1 aromatic rings. The molecule has 0 radical (unpaired) electrons. The lowest BCUT2D eigenvalue weighted by Gasteiger charge is -2.18. The van der Waals surface area contributed by atoms with Crippen LogP contribution in [0.25, 0.3) is 0 Å². The van der Waals surface area contributed by atoms with Crippen LogP contribution in [0.5, 0.6) is 0 Å². The third kappa shape index (κ3) is 3.00. The van der Waals surface area contributed by atoms with E-state index in [1.165, 1.54) is 12.2 Å².